The van der Waals surface area contributed by atoms with E-state index in [2.05, 4.69) is 5.22 Å². The van der Waals surface area contributed by atoms with Gasteiger partial charge in [0.2, 0.25) is 0 Å². The highest BCUT2D eigenvalue weighted by Crippen LogP contribution is 2.26. The summed E-state index contributed by atoms with van der Waals surface area (Å²) in [4.78, 5) is 0. The number of hydrogen-bond donors (Lipinski definition) is 3. The summed E-state index contributed by atoms with van der Waals surface area (Å²) in [6.45, 7) is 0. The zero-order valence-electron chi connectivity index (χ0n) is 9.17. The number of nitrogen functional groups attached to an aromatic ring is 2. The molecule has 0 aliphatic rings. The SMILES string of the molecule is N=NN(c1ccc(N)cc1)c1ccc(N)cc1. The Morgan fingerprint density at radius 3 is 1.41 bits per heavy atom. The largest absolute Gasteiger partial charge is 0.399 e. The molecule has 2 rings (SSSR count). The molecule has 0 amide bonds. The first-order chi connectivity index (χ1) is 8.20. The number of benzene rings is 2. The standard InChI is InChI=1S/C12H13N5/c13-9-1-5-11(6-2-9)17(16-15)12-7-3-10(14)4-8-12/h1-8,15H,13-14H2. The van der Waals surface area contributed by atoms with Gasteiger partial charge in [0.1, 0.15) is 0 Å². The van der Waals surface area contributed by atoms with Crippen LogP contribution in [0.3, 0.4) is 0 Å². The first-order valence-electron chi connectivity index (χ1n) is 5.09. The predicted octanol–water partition coefficient (Wildman–Crippen LogP) is 2.94. The molecule has 0 heterocycles. The van der Waals surface area contributed by atoms with Crippen molar-refractivity contribution in [1.82, 2.24) is 0 Å². The van der Waals surface area contributed by atoms with Gasteiger partial charge in [0.05, 0.1) is 11.4 Å². The van der Waals surface area contributed by atoms with E-state index in [9.17, 15) is 0 Å². The second kappa shape index (κ2) is 4.52. The highest BCUT2D eigenvalue weighted by Gasteiger charge is 2.07. The van der Waals surface area contributed by atoms with E-state index in [0.717, 1.165) is 11.4 Å². The normalized spacial score (nSPS) is 9.88. The average molecular weight is 227 g/mol. The van der Waals surface area contributed by atoms with Crippen molar-refractivity contribution in [3.8, 4) is 0 Å². The molecule has 0 aliphatic carbocycles. The van der Waals surface area contributed by atoms with Crippen molar-refractivity contribution in [1.29, 1.82) is 5.53 Å². The van der Waals surface area contributed by atoms with Crippen LogP contribution >= 0.6 is 0 Å². The summed E-state index contributed by atoms with van der Waals surface area (Å²) < 4.78 is 0. The monoisotopic (exact) mass is 227 g/mol. The van der Waals surface area contributed by atoms with E-state index in [0.29, 0.717) is 11.4 Å². The third-order valence-electron chi connectivity index (χ3n) is 2.38. The molecular weight excluding hydrogens is 214 g/mol. The molecule has 0 unspecified atom stereocenters. The van der Waals surface area contributed by atoms with Gasteiger partial charge in [0.15, 0.2) is 0 Å². The lowest BCUT2D eigenvalue weighted by atomic mass is 10.2. The molecule has 5 heteroatoms. The van der Waals surface area contributed by atoms with E-state index in [4.69, 9.17) is 17.0 Å². The summed E-state index contributed by atoms with van der Waals surface area (Å²) in [5.74, 6) is 0. The Morgan fingerprint density at radius 1 is 0.765 bits per heavy atom. The van der Waals surface area contributed by atoms with Gasteiger partial charge < -0.3 is 11.5 Å². The molecule has 0 bridgehead atoms. The fourth-order valence-corrected chi connectivity index (χ4v) is 1.50. The van der Waals surface area contributed by atoms with Crippen molar-refractivity contribution in [2.45, 2.75) is 0 Å². The minimum absolute atomic E-state index is 0.677. The highest BCUT2D eigenvalue weighted by molar-refractivity contribution is 5.65. The van der Waals surface area contributed by atoms with Crippen molar-refractivity contribution in [3.63, 3.8) is 0 Å². The molecule has 17 heavy (non-hydrogen) atoms. The lowest BCUT2D eigenvalue weighted by Gasteiger charge is -2.17. The lowest BCUT2D eigenvalue weighted by molar-refractivity contribution is 0.922. The third-order valence-corrected chi connectivity index (χ3v) is 2.38. The van der Waals surface area contributed by atoms with Gasteiger partial charge in [-0.1, -0.05) is 5.22 Å². The molecule has 0 radical (unpaired) electrons. The van der Waals surface area contributed by atoms with Crippen molar-refractivity contribution in [2.75, 3.05) is 16.5 Å². The molecule has 2 aromatic rings. The summed E-state index contributed by atoms with van der Waals surface area (Å²) in [6.07, 6.45) is 0. The number of nitrogens with two attached hydrogens (primary N) is 2. The predicted molar refractivity (Wildman–Crippen MR) is 69.0 cm³/mol. The molecule has 0 saturated heterocycles. The molecule has 0 spiro atoms. The maximum Gasteiger partial charge on any atom is 0.0671 e. The number of rotatable bonds is 3. The van der Waals surface area contributed by atoms with Crippen molar-refractivity contribution in [3.05, 3.63) is 48.5 Å². The smallest absolute Gasteiger partial charge is 0.0671 e. The van der Waals surface area contributed by atoms with E-state index in [1.165, 1.54) is 5.01 Å². The van der Waals surface area contributed by atoms with Gasteiger partial charge in [-0.25, -0.2) is 5.01 Å². The quantitative estimate of drug-likeness (QED) is 0.427. The molecule has 0 aliphatic heterocycles. The molecule has 0 atom stereocenters. The summed E-state index contributed by atoms with van der Waals surface area (Å²) >= 11 is 0. The first-order valence-corrected chi connectivity index (χ1v) is 5.09. The summed E-state index contributed by atoms with van der Waals surface area (Å²) in [7, 11) is 0. The molecule has 5 nitrogen and oxygen atoms in total. The van der Waals surface area contributed by atoms with Crippen molar-refractivity contribution in [2.24, 2.45) is 5.22 Å². The zero-order chi connectivity index (χ0) is 12.3. The van der Waals surface area contributed by atoms with Crippen LogP contribution in [0.25, 0.3) is 0 Å². The molecule has 0 fully saturated rings. The van der Waals surface area contributed by atoms with Gasteiger partial charge in [-0.15, -0.1) is 0 Å². The van der Waals surface area contributed by atoms with Gasteiger partial charge in [0.25, 0.3) is 0 Å². The van der Waals surface area contributed by atoms with E-state index >= 15 is 0 Å². The van der Waals surface area contributed by atoms with E-state index in [-0.39, 0.29) is 0 Å². The zero-order valence-corrected chi connectivity index (χ0v) is 9.17. The second-order valence-electron chi connectivity index (χ2n) is 3.59. The third kappa shape index (κ3) is 2.34. The number of nitrogens with one attached hydrogen (secondary N) is 1. The van der Waals surface area contributed by atoms with Gasteiger partial charge in [-0.3, -0.25) is 0 Å². The topological polar surface area (TPSA) is 91.5 Å². The molecule has 86 valence electrons. The summed E-state index contributed by atoms with van der Waals surface area (Å²) in [5, 5.41) is 4.99. The lowest BCUT2D eigenvalue weighted by Crippen LogP contribution is -2.07. The molecule has 0 saturated carbocycles. The van der Waals surface area contributed by atoms with Gasteiger partial charge in [-0.05, 0) is 48.5 Å². The van der Waals surface area contributed by atoms with E-state index in [1.807, 2.05) is 24.3 Å². The van der Waals surface area contributed by atoms with Crippen molar-refractivity contribution < 1.29 is 0 Å². The Kier molecular flexibility index (Phi) is 2.91. The van der Waals surface area contributed by atoms with Crippen LogP contribution in [-0.2, 0) is 0 Å². The van der Waals surface area contributed by atoms with Gasteiger partial charge in [-0.2, -0.15) is 5.53 Å². The minimum atomic E-state index is 0.677. The Labute approximate surface area is 99.1 Å². The Hall–Kier alpha value is -2.56. The van der Waals surface area contributed by atoms with E-state index in [1.54, 1.807) is 24.3 Å². The maximum absolute atomic E-state index is 7.23. The minimum Gasteiger partial charge on any atom is -0.399 e. The first kappa shape index (κ1) is 10.9. The van der Waals surface area contributed by atoms with Crippen LogP contribution in [0.15, 0.2) is 53.8 Å². The maximum atomic E-state index is 7.23. The van der Waals surface area contributed by atoms with Crippen molar-refractivity contribution >= 4 is 22.7 Å². The van der Waals surface area contributed by atoms with Crippen LogP contribution in [-0.4, -0.2) is 0 Å². The Morgan fingerprint density at radius 2 is 1.12 bits per heavy atom. The fourth-order valence-electron chi connectivity index (χ4n) is 1.50. The highest BCUT2D eigenvalue weighted by atomic mass is 15.5. The number of anilines is 4. The van der Waals surface area contributed by atoms with Gasteiger partial charge >= 0.3 is 0 Å². The Bertz CT molecular complexity index is 458. The van der Waals surface area contributed by atoms with Crippen LogP contribution in [0.1, 0.15) is 0 Å². The van der Waals surface area contributed by atoms with Crippen LogP contribution in [0.4, 0.5) is 22.7 Å². The molecular formula is C12H13N5. The molecule has 0 aromatic heterocycles. The fraction of sp³-hybridized carbons (Fsp3) is 0. The van der Waals surface area contributed by atoms with Crippen LogP contribution in [0, 0.1) is 5.53 Å². The second-order valence-corrected chi connectivity index (χ2v) is 3.59. The molecule has 2 aromatic carbocycles. The summed E-state index contributed by atoms with van der Waals surface area (Å²) in [6, 6.07) is 14.3. The van der Waals surface area contributed by atoms with Crippen LogP contribution in [0.2, 0.25) is 0 Å². The molecule has 5 N–H and O–H groups in total. The number of hydrogen-bond acceptors (Lipinski definition) is 4. The van der Waals surface area contributed by atoms with Gasteiger partial charge in [0, 0.05) is 11.4 Å². The summed E-state index contributed by atoms with van der Waals surface area (Å²) in [5.41, 5.74) is 21.4. The van der Waals surface area contributed by atoms with Crippen LogP contribution < -0.4 is 16.5 Å². The van der Waals surface area contributed by atoms with E-state index < -0.39 is 0 Å². The number of nitrogens with zero attached hydrogens (tertiary/aromatic N) is 2. The van der Waals surface area contributed by atoms with Crippen LogP contribution in [0.5, 0.6) is 0 Å². The average Bonchev–Trinajstić information content (AvgIpc) is 2.35. The Balaban J connectivity index is 2.36.